The van der Waals surface area contributed by atoms with Gasteiger partial charge in [-0.05, 0) is 92.2 Å². The van der Waals surface area contributed by atoms with E-state index in [9.17, 15) is 0 Å². The second kappa shape index (κ2) is 16.2. The van der Waals surface area contributed by atoms with Crippen molar-refractivity contribution < 1.29 is 0 Å². The summed E-state index contributed by atoms with van der Waals surface area (Å²) in [7, 11) is -0.484. The number of hydrogen-bond donors (Lipinski definition) is 0. The number of rotatable bonds is 12. The van der Waals surface area contributed by atoms with E-state index in [1.165, 1.54) is 16.7 Å². The maximum absolute atomic E-state index is 2.62. The smallest absolute Gasteiger partial charge is 0.0218 e. The molecule has 0 aliphatic rings. The highest BCUT2D eigenvalue weighted by Crippen LogP contribution is 2.30. The maximum Gasteiger partial charge on any atom is -0.0218 e. The Kier molecular flexibility index (Phi) is 13.6. The molecular weight excluding hydrogens is 597 g/mol. The van der Waals surface area contributed by atoms with Crippen LogP contribution < -0.4 is 15.6 Å². The van der Waals surface area contributed by atoms with Gasteiger partial charge < -0.3 is 8.61 Å². The lowest BCUT2D eigenvalue weighted by Gasteiger charge is -2.36. The molecule has 47 heavy (non-hydrogen) atoms. The van der Waals surface area contributed by atoms with Gasteiger partial charge in [-0.2, -0.15) is 0 Å². The van der Waals surface area contributed by atoms with Crippen LogP contribution in [0.2, 0.25) is 0 Å². The molecule has 0 saturated heterocycles. The fraction of sp³-hybridized carbons (Fsp3) is 0.600. The highest BCUT2D eigenvalue weighted by atomic mass is 28.9. The molecule has 0 aliphatic heterocycles. The zero-order valence-electron chi connectivity index (χ0n) is 33.7. The normalized spacial score (nSPS) is 12.5. The summed E-state index contributed by atoms with van der Waals surface area (Å²) in [5.41, 5.74) is 14.1. The quantitative estimate of drug-likeness (QED) is 0.169. The zero-order valence-corrected chi connectivity index (χ0v) is 35.7. The van der Waals surface area contributed by atoms with E-state index in [2.05, 4.69) is 161 Å². The minimum Gasteiger partial charge on any atom is -0.408 e. The Hall–Kier alpha value is -1.91. The fourth-order valence-electron chi connectivity index (χ4n) is 6.96. The van der Waals surface area contributed by atoms with Crippen molar-refractivity contribution in [3.8, 4) is 0 Å². The van der Waals surface area contributed by atoms with Crippen molar-refractivity contribution in [1.82, 2.24) is 0 Å². The van der Waals surface area contributed by atoms with E-state index in [1.54, 1.807) is 48.9 Å². The van der Waals surface area contributed by atoms with Crippen molar-refractivity contribution in [2.45, 2.75) is 178 Å². The summed E-state index contributed by atoms with van der Waals surface area (Å²) < 4.78 is 0. The van der Waals surface area contributed by atoms with Crippen LogP contribution in [-0.4, -0.2) is 16.5 Å². The first-order valence-corrected chi connectivity index (χ1v) is 22.5. The second-order valence-electron chi connectivity index (χ2n) is 17.1. The molecule has 0 heterocycles. The van der Waals surface area contributed by atoms with Gasteiger partial charge in [0.1, 0.15) is 0 Å². The highest BCUT2D eigenvalue weighted by Gasteiger charge is 2.24. The molecule has 0 saturated carbocycles. The lowest BCUT2D eigenvalue weighted by molar-refractivity contribution is 0.810. The van der Waals surface area contributed by atoms with Gasteiger partial charge in [0, 0.05) is 0 Å². The average molecular weight is 666 g/mol. The first kappa shape index (κ1) is 39.5. The molecule has 3 rings (SSSR count). The molecule has 0 fully saturated rings. The summed E-state index contributed by atoms with van der Waals surface area (Å²) in [5, 5.41) is 5.12. The largest absolute Gasteiger partial charge is 0.408 e. The standard InChI is InChI=1S/C45H69Si2/c1-25(2)34-19-37(28(7)8)43(38(20-34)29(9)10)46-47(44-39(30(11)12)21-35(26(3)4)22-40(44)31(13)14)45-41(32(15)16)23-36(27(5)6)24-42(45)33(17)18/h19-33H,1-18H3/q-1. The summed E-state index contributed by atoms with van der Waals surface area (Å²) in [5.74, 6) is 4.45. The van der Waals surface area contributed by atoms with E-state index in [1.807, 2.05) is 0 Å². The van der Waals surface area contributed by atoms with Crippen LogP contribution in [0.1, 0.15) is 228 Å². The Balaban J connectivity index is 2.81. The van der Waals surface area contributed by atoms with Gasteiger partial charge in [-0.1, -0.05) is 183 Å². The molecule has 0 amide bonds. The van der Waals surface area contributed by atoms with Crippen LogP contribution in [0, 0.1) is 0 Å². The molecule has 0 atom stereocenters. The van der Waals surface area contributed by atoms with Gasteiger partial charge in [0.25, 0.3) is 0 Å². The molecule has 0 aromatic heterocycles. The first-order valence-electron chi connectivity index (χ1n) is 19.0. The molecule has 3 aromatic rings. The molecule has 0 N–H and O–H groups in total. The average Bonchev–Trinajstić information content (AvgIpc) is 2.97. The third-order valence-corrected chi connectivity index (χ3v) is 16.4. The lowest BCUT2D eigenvalue weighted by Crippen LogP contribution is -2.48. The van der Waals surface area contributed by atoms with Crippen molar-refractivity contribution in [2.75, 3.05) is 0 Å². The van der Waals surface area contributed by atoms with E-state index < -0.39 is 7.89 Å². The molecule has 258 valence electrons. The Bertz CT molecular complexity index is 1390. The van der Waals surface area contributed by atoms with Gasteiger partial charge in [-0.25, -0.2) is 5.19 Å². The summed E-state index contributed by atoms with van der Waals surface area (Å²) >= 11 is 0. The van der Waals surface area contributed by atoms with Gasteiger partial charge in [-0.3, -0.25) is 0 Å². The topological polar surface area (TPSA) is 0 Å². The molecule has 3 aromatic carbocycles. The van der Waals surface area contributed by atoms with E-state index >= 15 is 0 Å². The zero-order chi connectivity index (χ0) is 35.7. The fourth-order valence-corrected chi connectivity index (χ4v) is 15.4. The van der Waals surface area contributed by atoms with Crippen LogP contribution in [0.4, 0.5) is 0 Å². The summed E-state index contributed by atoms with van der Waals surface area (Å²) in [6.07, 6.45) is 0. The van der Waals surface area contributed by atoms with Crippen LogP contribution in [0.15, 0.2) is 36.4 Å². The molecular formula is C45H69Si2-. The Morgan fingerprint density at radius 2 is 0.532 bits per heavy atom. The second-order valence-corrected chi connectivity index (χ2v) is 21.9. The Labute approximate surface area is 295 Å². The predicted octanol–water partition coefficient (Wildman–Crippen LogP) is 11.9. The van der Waals surface area contributed by atoms with Crippen molar-refractivity contribution in [2.24, 2.45) is 0 Å². The maximum atomic E-state index is 2.62. The van der Waals surface area contributed by atoms with Crippen LogP contribution in [-0.2, 0) is 0 Å². The third-order valence-electron chi connectivity index (χ3n) is 10.1. The molecule has 0 nitrogen and oxygen atoms in total. The third kappa shape index (κ3) is 8.82. The summed E-state index contributed by atoms with van der Waals surface area (Å²) in [6, 6.07) is 15.7. The van der Waals surface area contributed by atoms with E-state index in [4.69, 9.17) is 0 Å². The number of hydrogen-bond acceptors (Lipinski definition) is 0. The Morgan fingerprint density at radius 1 is 0.319 bits per heavy atom. The van der Waals surface area contributed by atoms with Crippen LogP contribution >= 0.6 is 0 Å². The van der Waals surface area contributed by atoms with Gasteiger partial charge in [-0.15, -0.1) is 7.89 Å². The van der Waals surface area contributed by atoms with Crippen LogP contribution in [0.25, 0.3) is 0 Å². The summed E-state index contributed by atoms with van der Waals surface area (Å²) in [6.45, 7) is 43.5. The van der Waals surface area contributed by atoms with Crippen LogP contribution in [0.5, 0.6) is 0 Å². The monoisotopic (exact) mass is 665 g/mol. The number of benzene rings is 3. The molecule has 0 aliphatic carbocycles. The minimum absolute atomic E-state index is 0.475. The van der Waals surface area contributed by atoms with Gasteiger partial charge in [0.15, 0.2) is 0 Å². The predicted molar refractivity (Wildman–Crippen MR) is 217 cm³/mol. The highest BCUT2D eigenvalue weighted by molar-refractivity contribution is 7.07. The van der Waals surface area contributed by atoms with Crippen molar-refractivity contribution in [3.05, 3.63) is 86.5 Å². The minimum atomic E-state index is -1.25. The summed E-state index contributed by atoms with van der Waals surface area (Å²) in [4.78, 5) is 0. The first-order chi connectivity index (χ1) is 21.8. The molecule has 2 heteroatoms. The van der Waals surface area contributed by atoms with Gasteiger partial charge in [0.2, 0.25) is 0 Å². The van der Waals surface area contributed by atoms with E-state index in [-0.39, 0.29) is 0 Å². The van der Waals surface area contributed by atoms with Crippen molar-refractivity contribution in [1.29, 1.82) is 0 Å². The van der Waals surface area contributed by atoms with Crippen molar-refractivity contribution >= 4 is 32.1 Å². The van der Waals surface area contributed by atoms with Gasteiger partial charge >= 0.3 is 0 Å². The van der Waals surface area contributed by atoms with E-state index in [0.717, 1.165) is 8.61 Å². The molecule has 0 spiro atoms. The molecule has 0 unspecified atom stereocenters. The molecule has 0 bridgehead atoms. The molecule has 0 radical (unpaired) electrons. The van der Waals surface area contributed by atoms with Crippen LogP contribution in [0.3, 0.4) is 0 Å². The van der Waals surface area contributed by atoms with E-state index in [0.29, 0.717) is 53.3 Å². The Morgan fingerprint density at radius 3 is 0.723 bits per heavy atom. The lowest BCUT2D eigenvalue weighted by atomic mass is 9.89. The SMILES string of the molecule is CC(C)c1cc(C(C)C)c([Si-]=[Si](c2c(C(C)C)cc(C(C)C)cc2C(C)C)c2c(C(C)C)cc(C(C)C)cc2C(C)C)c(C(C)C)c1. The van der Waals surface area contributed by atoms with Crippen molar-refractivity contribution in [3.63, 3.8) is 0 Å². The van der Waals surface area contributed by atoms with Gasteiger partial charge in [0.05, 0.1) is 0 Å².